The molecule has 4 atom stereocenters. The Labute approximate surface area is 101 Å². The number of piperidine rings is 1. The van der Waals surface area contributed by atoms with E-state index in [0.717, 1.165) is 12.0 Å². The summed E-state index contributed by atoms with van der Waals surface area (Å²) >= 11 is 1.78. The van der Waals surface area contributed by atoms with Crippen molar-refractivity contribution in [3.05, 3.63) is 22.4 Å². The van der Waals surface area contributed by atoms with Crippen LogP contribution in [-0.4, -0.2) is 23.5 Å². The first-order chi connectivity index (χ1) is 7.75. The van der Waals surface area contributed by atoms with Crippen molar-refractivity contribution in [3.8, 4) is 0 Å². The van der Waals surface area contributed by atoms with Gasteiger partial charge in [-0.25, -0.2) is 0 Å². The Morgan fingerprint density at radius 2 is 2.38 bits per heavy atom. The molecule has 16 heavy (non-hydrogen) atoms. The van der Waals surface area contributed by atoms with E-state index >= 15 is 0 Å². The summed E-state index contributed by atoms with van der Waals surface area (Å²) in [7, 11) is 0. The quantitative estimate of drug-likeness (QED) is 0.874. The summed E-state index contributed by atoms with van der Waals surface area (Å²) in [6, 6.07) is 3.72. The average Bonchev–Trinajstić information content (AvgIpc) is 2.91. The molecule has 2 heterocycles. The summed E-state index contributed by atoms with van der Waals surface area (Å²) in [5.74, 6) is 0.949. The summed E-state index contributed by atoms with van der Waals surface area (Å²) in [5.41, 5.74) is 7.63. The van der Waals surface area contributed by atoms with Crippen LogP contribution in [-0.2, 0) is 0 Å². The molecule has 1 aromatic heterocycles. The molecule has 0 amide bonds. The van der Waals surface area contributed by atoms with Crippen molar-refractivity contribution < 1.29 is 0 Å². The van der Waals surface area contributed by atoms with Crippen LogP contribution in [0.15, 0.2) is 16.8 Å². The van der Waals surface area contributed by atoms with E-state index in [-0.39, 0.29) is 6.04 Å². The van der Waals surface area contributed by atoms with Crippen molar-refractivity contribution in [1.29, 1.82) is 0 Å². The van der Waals surface area contributed by atoms with Crippen LogP contribution >= 0.6 is 11.3 Å². The summed E-state index contributed by atoms with van der Waals surface area (Å²) in [6.45, 7) is 3.42. The van der Waals surface area contributed by atoms with Gasteiger partial charge in [-0.3, -0.25) is 4.90 Å². The molecule has 1 aliphatic heterocycles. The van der Waals surface area contributed by atoms with E-state index < -0.39 is 0 Å². The molecule has 2 bridgehead atoms. The van der Waals surface area contributed by atoms with Gasteiger partial charge in [0.05, 0.1) is 6.04 Å². The van der Waals surface area contributed by atoms with Gasteiger partial charge in [-0.1, -0.05) is 0 Å². The second kappa shape index (κ2) is 4.13. The lowest BCUT2D eigenvalue weighted by atomic mass is 9.99. The van der Waals surface area contributed by atoms with Crippen molar-refractivity contribution in [1.82, 2.24) is 4.90 Å². The number of likely N-dealkylation sites (tertiary alicyclic amines) is 1. The maximum atomic E-state index is 6.20. The van der Waals surface area contributed by atoms with Crippen molar-refractivity contribution in [3.63, 3.8) is 0 Å². The van der Waals surface area contributed by atoms with Crippen LogP contribution in [0.1, 0.15) is 37.8 Å². The standard InChI is InChI=1S/C13H20N2S/c1-9(14)13(11-4-5-16-8-11)15-7-10-2-3-12(15)6-10/h4-5,8-10,12-13H,2-3,6-7,14H2,1H3. The van der Waals surface area contributed by atoms with Crippen molar-refractivity contribution >= 4 is 11.3 Å². The topological polar surface area (TPSA) is 29.3 Å². The summed E-state index contributed by atoms with van der Waals surface area (Å²) in [6.07, 6.45) is 4.24. The Morgan fingerprint density at radius 3 is 2.88 bits per heavy atom. The number of hydrogen-bond acceptors (Lipinski definition) is 3. The highest BCUT2D eigenvalue weighted by Gasteiger charge is 2.42. The lowest BCUT2D eigenvalue weighted by Crippen LogP contribution is -2.43. The molecule has 0 spiro atoms. The lowest BCUT2D eigenvalue weighted by Gasteiger charge is -2.37. The first-order valence-electron chi connectivity index (χ1n) is 6.29. The van der Waals surface area contributed by atoms with E-state index in [1.54, 1.807) is 11.3 Å². The fourth-order valence-corrected chi connectivity index (χ4v) is 4.23. The Morgan fingerprint density at radius 1 is 1.50 bits per heavy atom. The van der Waals surface area contributed by atoms with Crippen molar-refractivity contribution in [2.24, 2.45) is 11.7 Å². The third kappa shape index (κ3) is 1.71. The van der Waals surface area contributed by atoms with Crippen LogP contribution in [0.4, 0.5) is 0 Å². The third-order valence-electron chi connectivity index (χ3n) is 4.19. The van der Waals surface area contributed by atoms with E-state index in [0.29, 0.717) is 6.04 Å². The van der Waals surface area contributed by atoms with Crippen molar-refractivity contribution in [2.45, 2.75) is 44.3 Å². The Balaban J connectivity index is 1.84. The SMILES string of the molecule is CC(N)C(c1ccsc1)N1CC2CCC1C2. The number of hydrogen-bond donors (Lipinski definition) is 1. The van der Waals surface area contributed by atoms with Crippen LogP contribution < -0.4 is 5.73 Å². The molecule has 1 aliphatic carbocycles. The summed E-state index contributed by atoms with van der Waals surface area (Å²) < 4.78 is 0. The highest BCUT2D eigenvalue weighted by Crippen LogP contribution is 2.43. The fourth-order valence-electron chi connectivity index (χ4n) is 3.54. The van der Waals surface area contributed by atoms with E-state index in [9.17, 15) is 0 Å². The van der Waals surface area contributed by atoms with Crippen LogP contribution in [0.5, 0.6) is 0 Å². The Kier molecular flexibility index (Phi) is 2.78. The molecule has 88 valence electrons. The number of nitrogens with zero attached hydrogens (tertiary/aromatic N) is 1. The molecule has 1 saturated carbocycles. The molecule has 2 N–H and O–H groups in total. The largest absolute Gasteiger partial charge is 0.326 e. The number of nitrogens with two attached hydrogens (primary N) is 1. The van der Waals surface area contributed by atoms with E-state index in [1.807, 2.05) is 0 Å². The van der Waals surface area contributed by atoms with Crippen LogP contribution in [0.2, 0.25) is 0 Å². The van der Waals surface area contributed by atoms with Gasteiger partial charge in [0.2, 0.25) is 0 Å². The Hall–Kier alpha value is -0.380. The van der Waals surface area contributed by atoms with Gasteiger partial charge >= 0.3 is 0 Å². The summed E-state index contributed by atoms with van der Waals surface area (Å²) in [4.78, 5) is 2.67. The molecule has 2 nitrogen and oxygen atoms in total. The molecule has 2 fully saturated rings. The molecule has 2 aliphatic rings. The zero-order valence-electron chi connectivity index (χ0n) is 9.80. The second-order valence-corrected chi connectivity index (χ2v) is 6.17. The molecule has 3 heteroatoms. The highest BCUT2D eigenvalue weighted by molar-refractivity contribution is 7.07. The number of thiophene rings is 1. The molecule has 0 aromatic carbocycles. The molecular formula is C13H20N2S. The first kappa shape index (κ1) is 10.8. The van der Waals surface area contributed by atoms with Crippen LogP contribution in [0, 0.1) is 5.92 Å². The minimum absolute atomic E-state index is 0.231. The monoisotopic (exact) mass is 236 g/mol. The van der Waals surface area contributed by atoms with Crippen LogP contribution in [0.3, 0.4) is 0 Å². The normalized spacial score (nSPS) is 33.1. The van der Waals surface area contributed by atoms with Crippen molar-refractivity contribution in [2.75, 3.05) is 6.54 Å². The predicted molar refractivity (Wildman–Crippen MR) is 68.5 cm³/mol. The molecule has 3 rings (SSSR count). The molecule has 0 radical (unpaired) electrons. The van der Waals surface area contributed by atoms with Gasteiger partial charge in [-0.05, 0) is 54.5 Å². The van der Waals surface area contributed by atoms with E-state index in [1.165, 1.54) is 31.4 Å². The van der Waals surface area contributed by atoms with Gasteiger partial charge in [0, 0.05) is 18.6 Å². The smallest absolute Gasteiger partial charge is 0.0507 e. The average molecular weight is 236 g/mol. The predicted octanol–water partition coefficient (Wildman–Crippen LogP) is 2.62. The van der Waals surface area contributed by atoms with Gasteiger partial charge in [-0.2, -0.15) is 11.3 Å². The van der Waals surface area contributed by atoms with Gasteiger partial charge < -0.3 is 5.73 Å². The summed E-state index contributed by atoms with van der Waals surface area (Å²) in [5, 5.41) is 4.43. The zero-order chi connectivity index (χ0) is 11.1. The third-order valence-corrected chi connectivity index (χ3v) is 4.89. The fraction of sp³-hybridized carbons (Fsp3) is 0.692. The number of rotatable bonds is 3. The van der Waals surface area contributed by atoms with Gasteiger partial charge in [0.25, 0.3) is 0 Å². The maximum Gasteiger partial charge on any atom is 0.0507 e. The van der Waals surface area contributed by atoms with E-state index in [4.69, 9.17) is 5.73 Å². The maximum absolute atomic E-state index is 6.20. The minimum Gasteiger partial charge on any atom is -0.326 e. The lowest BCUT2D eigenvalue weighted by molar-refractivity contribution is 0.133. The highest BCUT2D eigenvalue weighted by atomic mass is 32.1. The molecular weight excluding hydrogens is 216 g/mol. The first-order valence-corrected chi connectivity index (χ1v) is 7.23. The van der Waals surface area contributed by atoms with E-state index in [2.05, 4.69) is 28.7 Å². The second-order valence-electron chi connectivity index (χ2n) is 5.39. The molecule has 4 unspecified atom stereocenters. The van der Waals surface area contributed by atoms with Gasteiger partial charge in [0.15, 0.2) is 0 Å². The number of fused-ring (bicyclic) bond motifs is 2. The van der Waals surface area contributed by atoms with Crippen LogP contribution in [0.25, 0.3) is 0 Å². The minimum atomic E-state index is 0.231. The van der Waals surface area contributed by atoms with Gasteiger partial charge in [0.1, 0.15) is 0 Å². The Bertz CT molecular complexity index is 347. The zero-order valence-corrected chi connectivity index (χ0v) is 10.6. The molecule has 1 aromatic rings. The van der Waals surface area contributed by atoms with Gasteiger partial charge in [-0.15, -0.1) is 0 Å². The molecule has 1 saturated heterocycles.